The SMILES string of the molecule is CN(CNN)Cc1ccc2c(c1)CCCC2. The summed E-state index contributed by atoms with van der Waals surface area (Å²) in [5, 5.41) is 0. The Bertz CT molecular complexity index is 349. The number of nitrogens with zero attached hydrogens (tertiary/aromatic N) is 1. The van der Waals surface area contributed by atoms with Gasteiger partial charge in [0.1, 0.15) is 0 Å². The van der Waals surface area contributed by atoms with E-state index in [4.69, 9.17) is 5.84 Å². The minimum atomic E-state index is 0.719. The van der Waals surface area contributed by atoms with Crippen LogP contribution in [0.15, 0.2) is 18.2 Å². The first-order chi connectivity index (χ1) is 7.79. The topological polar surface area (TPSA) is 41.3 Å². The van der Waals surface area contributed by atoms with Crippen LogP contribution in [0.1, 0.15) is 29.5 Å². The largest absolute Gasteiger partial charge is 0.288 e. The van der Waals surface area contributed by atoms with Crippen molar-refractivity contribution in [2.24, 2.45) is 5.84 Å². The standard InChI is InChI=1S/C13H21N3/c1-16(10-15-14)9-11-6-7-12-4-2-3-5-13(12)8-11/h6-8,15H,2-5,9-10,14H2,1H3. The first kappa shape index (κ1) is 11.6. The van der Waals surface area contributed by atoms with Crippen LogP contribution < -0.4 is 11.3 Å². The summed E-state index contributed by atoms with van der Waals surface area (Å²) in [4.78, 5) is 2.17. The molecular weight excluding hydrogens is 198 g/mol. The van der Waals surface area contributed by atoms with Gasteiger partial charge in [0, 0.05) is 6.54 Å². The Labute approximate surface area is 97.6 Å². The molecule has 0 fully saturated rings. The summed E-state index contributed by atoms with van der Waals surface area (Å²) in [5.41, 5.74) is 7.17. The van der Waals surface area contributed by atoms with E-state index in [-0.39, 0.29) is 0 Å². The summed E-state index contributed by atoms with van der Waals surface area (Å²) < 4.78 is 0. The van der Waals surface area contributed by atoms with Crippen molar-refractivity contribution in [3.05, 3.63) is 34.9 Å². The lowest BCUT2D eigenvalue weighted by molar-refractivity contribution is 0.301. The Kier molecular flexibility index (Phi) is 3.93. The van der Waals surface area contributed by atoms with E-state index in [1.54, 1.807) is 11.1 Å². The predicted octanol–water partition coefficient (Wildman–Crippen LogP) is 1.42. The number of hydrogen-bond acceptors (Lipinski definition) is 3. The molecule has 0 saturated heterocycles. The van der Waals surface area contributed by atoms with Crippen LogP contribution in [0.4, 0.5) is 0 Å². The average molecular weight is 219 g/mol. The molecule has 1 aromatic carbocycles. The molecule has 3 N–H and O–H groups in total. The summed E-state index contributed by atoms with van der Waals surface area (Å²) in [5.74, 6) is 5.30. The van der Waals surface area contributed by atoms with Crippen LogP contribution in [0.2, 0.25) is 0 Å². The molecule has 0 amide bonds. The normalized spacial score (nSPS) is 15.2. The summed E-state index contributed by atoms with van der Waals surface area (Å²) in [7, 11) is 2.07. The third-order valence-electron chi connectivity index (χ3n) is 3.23. The van der Waals surface area contributed by atoms with Gasteiger partial charge in [-0.3, -0.25) is 10.7 Å². The third kappa shape index (κ3) is 2.82. The number of nitrogens with one attached hydrogen (secondary N) is 1. The van der Waals surface area contributed by atoms with Gasteiger partial charge in [0.25, 0.3) is 0 Å². The van der Waals surface area contributed by atoms with Crippen molar-refractivity contribution in [1.82, 2.24) is 10.3 Å². The van der Waals surface area contributed by atoms with Gasteiger partial charge in [-0.1, -0.05) is 18.2 Å². The fourth-order valence-electron chi connectivity index (χ4n) is 2.41. The Morgan fingerprint density at radius 2 is 2.00 bits per heavy atom. The van der Waals surface area contributed by atoms with Crippen LogP contribution in [0, 0.1) is 0 Å². The summed E-state index contributed by atoms with van der Waals surface area (Å²) in [6.07, 6.45) is 5.21. The first-order valence-corrected chi connectivity index (χ1v) is 6.02. The maximum Gasteiger partial charge on any atom is 0.0612 e. The van der Waals surface area contributed by atoms with E-state index in [0.29, 0.717) is 0 Å². The molecule has 1 aliphatic rings. The Balaban J connectivity index is 2.05. The maximum atomic E-state index is 5.30. The van der Waals surface area contributed by atoms with Gasteiger partial charge in [-0.15, -0.1) is 0 Å². The Morgan fingerprint density at radius 1 is 1.25 bits per heavy atom. The van der Waals surface area contributed by atoms with E-state index in [0.717, 1.165) is 13.2 Å². The molecule has 3 nitrogen and oxygen atoms in total. The molecule has 0 aromatic heterocycles. The van der Waals surface area contributed by atoms with Gasteiger partial charge in [-0.25, -0.2) is 5.43 Å². The van der Waals surface area contributed by atoms with Gasteiger partial charge in [0.2, 0.25) is 0 Å². The van der Waals surface area contributed by atoms with Crippen LogP contribution in [0.25, 0.3) is 0 Å². The maximum absolute atomic E-state index is 5.30. The van der Waals surface area contributed by atoms with Gasteiger partial charge in [-0.05, 0) is 49.4 Å². The number of aryl methyl sites for hydroxylation is 2. The van der Waals surface area contributed by atoms with Crippen molar-refractivity contribution in [2.75, 3.05) is 13.7 Å². The van der Waals surface area contributed by atoms with Crippen molar-refractivity contribution < 1.29 is 0 Å². The number of nitrogens with two attached hydrogens (primary N) is 1. The van der Waals surface area contributed by atoms with E-state index in [1.165, 1.54) is 31.2 Å². The molecule has 3 heteroatoms. The van der Waals surface area contributed by atoms with Crippen molar-refractivity contribution >= 4 is 0 Å². The fourth-order valence-corrected chi connectivity index (χ4v) is 2.41. The van der Waals surface area contributed by atoms with Crippen LogP contribution in [0.3, 0.4) is 0 Å². The number of hydrazine groups is 1. The lowest BCUT2D eigenvalue weighted by atomic mass is 9.90. The minimum Gasteiger partial charge on any atom is -0.288 e. The molecule has 1 aromatic rings. The molecule has 0 aliphatic heterocycles. The van der Waals surface area contributed by atoms with Crippen LogP contribution in [-0.2, 0) is 19.4 Å². The summed E-state index contributed by atoms with van der Waals surface area (Å²) in [6.45, 7) is 1.68. The molecule has 2 rings (SSSR count). The second-order valence-electron chi connectivity index (χ2n) is 4.69. The third-order valence-corrected chi connectivity index (χ3v) is 3.23. The smallest absolute Gasteiger partial charge is 0.0612 e. The molecule has 0 spiro atoms. The molecule has 0 radical (unpaired) electrons. The summed E-state index contributed by atoms with van der Waals surface area (Å²) in [6, 6.07) is 6.91. The van der Waals surface area contributed by atoms with Crippen molar-refractivity contribution in [1.29, 1.82) is 0 Å². The lowest BCUT2D eigenvalue weighted by Crippen LogP contribution is -2.35. The highest BCUT2D eigenvalue weighted by atomic mass is 15.3. The second kappa shape index (κ2) is 5.43. The van der Waals surface area contributed by atoms with Gasteiger partial charge in [0.15, 0.2) is 0 Å². The highest BCUT2D eigenvalue weighted by molar-refractivity contribution is 5.33. The average Bonchev–Trinajstić information content (AvgIpc) is 2.29. The van der Waals surface area contributed by atoms with Gasteiger partial charge in [0.05, 0.1) is 6.67 Å². The molecule has 0 unspecified atom stereocenters. The van der Waals surface area contributed by atoms with E-state index < -0.39 is 0 Å². The first-order valence-electron chi connectivity index (χ1n) is 6.02. The monoisotopic (exact) mass is 219 g/mol. The molecule has 0 bridgehead atoms. The van der Waals surface area contributed by atoms with E-state index in [2.05, 4.69) is 35.6 Å². The molecule has 0 atom stereocenters. The molecular formula is C13H21N3. The zero-order valence-electron chi connectivity index (χ0n) is 10.00. The number of rotatable bonds is 4. The van der Waals surface area contributed by atoms with E-state index in [9.17, 15) is 0 Å². The highest BCUT2D eigenvalue weighted by Gasteiger charge is 2.09. The second-order valence-corrected chi connectivity index (χ2v) is 4.69. The van der Waals surface area contributed by atoms with E-state index >= 15 is 0 Å². The zero-order valence-corrected chi connectivity index (χ0v) is 10.00. The van der Waals surface area contributed by atoms with Crippen molar-refractivity contribution in [2.45, 2.75) is 32.2 Å². The molecule has 1 aliphatic carbocycles. The summed E-state index contributed by atoms with van der Waals surface area (Å²) >= 11 is 0. The van der Waals surface area contributed by atoms with Gasteiger partial charge < -0.3 is 0 Å². The van der Waals surface area contributed by atoms with Gasteiger partial charge >= 0.3 is 0 Å². The van der Waals surface area contributed by atoms with Gasteiger partial charge in [-0.2, -0.15) is 0 Å². The minimum absolute atomic E-state index is 0.719. The zero-order chi connectivity index (χ0) is 11.4. The van der Waals surface area contributed by atoms with Crippen LogP contribution in [-0.4, -0.2) is 18.6 Å². The van der Waals surface area contributed by atoms with Crippen LogP contribution >= 0.6 is 0 Å². The molecule has 16 heavy (non-hydrogen) atoms. The van der Waals surface area contributed by atoms with Crippen LogP contribution in [0.5, 0.6) is 0 Å². The van der Waals surface area contributed by atoms with Crippen molar-refractivity contribution in [3.63, 3.8) is 0 Å². The number of fused-ring (bicyclic) bond motifs is 1. The molecule has 0 saturated carbocycles. The molecule has 0 heterocycles. The predicted molar refractivity (Wildman–Crippen MR) is 66.7 cm³/mol. The highest BCUT2D eigenvalue weighted by Crippen LogP contribution is 2.22. The quantitative estimate of drug-likeness (QED) is 0.457. The Hall–Kier alpha value is -0.900. The molecule has 88 valence electrons. The Morgan fingerprint density at radius 3 is 2.75 bits per heavy atom. The fraction of sp³-hybridized carbons (Fsp3) is 0.538. The number of benzene rings is 1. The lowest BCUT2D eigenvalue weighted by Gasteiger charge is -2.19. The van der Waals surface area contributed by atoms with E-state index in [1.807, 2.05) is 0 Å². The number of hydrogen-bond donors (Lipinski definition) is 2. The van der Waals surface area contributed by atoms with Crippen molar-refractivity contribution in [3.8, 4) is 0 Å².